The molecule has 4 heteroatoms. The number of hydrogen-bond acceptors (Lipinski definition) is 3. The Labute approximate surface area is 108 Å². The molecule has 0 spiro atoms. The lowest BCUT2D eigenvalue weighted by molar-refractivity contribution is 0.0636. The number of anilines is 1. The lowest BCUT2D eigenvalue weighted by Crippen LogP contribution is -2.47. The average molecular weight is 247 g/mol. The van der Waals surface area contributed by atoms with Gasteiger partial charge in [-0.25, -0.2) is 0 Å². The summed E-state index contributed by atoms with van der Waals surface area (Å²) in [5.74, 6) is 0.0552. The second-order valence-corrected chi connectivity index (χ2v) is 5.10. The molecule has 0 radical (unpaired) electrons. The molecule has 0 bridgehead atoms. The van der Waals surface area contributed by atoms with Gasteiger partial charge in [0.25, 0.3) is 5.91 Å². The first kappa shape index (κ1) is 12.9. The van der Waals surface area contributed by atoms with Crippen molar-refractivity contribution in [1.29, 1.82) is 0 Å². The van der Waals surface area contributed by atoms with E-state index in [1.54, 1.807) is 12.1 Å². The smallest absolute Gasteiger partial charge is 0.255 e. The van der Waals surface area contributed by atoms with E-state index in [1.165, 1.54) is 0 Å². The van der Waals surface area contributed by atoms with Crippen LogP contribution in [0.2, 0.25) is 0 Å². The fraction of sp³-hybridized carbons (Fsp3) is 0.500. The molecule has 1 heterocycles. The van der Waals surface area contributed by atoms with Gasteiger partial charge in [-0.15, -0.1) is 0 Å². The van der Waals surface area contributed by atoms with Crippen molar-refractivity contribution in [2.24, 2.45) is 0 Å². The Balaban J connectivity index is 2.12. The summed E-state index contributed by atoms with van der Waals surface area (Å²) in [5.41, 5.74) is 7.05. The quantitative estimate of drug-likeness (QED) is 0.804. The van der Waals surface area contributed by atoms with Crippen LogP contribution in [0.25, 0.3) is 0 Å². The first-order chi connectivity index (χ1) is 8.59. The molecule has 1 amide bonds. The second-order valence-electron chi connectivity index (χ2n) is 5.10. The van der Waals surface area contributed by atoms with Crippen LogP contribution in [-0.2, 0) is 0 Å². The third kappa shape index (κ3) is 2.64. The van der Waals surface area contributed by atoms with Crippen LogP contribution in [0.15, 0.2) is 24.3 Å². The molecule has 1 aromatic rings. The summed E-state index contributed by atoms with van der Waals surface area (Å²) in [6.45, 7) is 1.62. The number of hydrogen-bond donors (Lipinski definition) is 1. The molecule has 1 aliphatic heterocycles. The molecule has 18 heavy (non-hydrogen) atoms. The number of rotatable bonds is 2. The van der Waals surface area contributed by atoms with E-state index in [1.807, 2.05) is 17.0 Å². The Morgan fingerprint density at radius 3 is 2.78 bits per heavy atom. The summed E-state index contributed by atoms with van der Waals surface area (Å²) < 4.78 is 0. The van der Waals surface area contributed by atoms with Gasteiger partial charge in [0, 0.05) is 24.8 Å². The topological polar surface area (TPSA) is 49.6 Å². The number of nitrogens with zero attached hydrogens (tertiary/aromatic N) is 2. The van der Waals surface area contributed by atoms with E-state index in [2.05, 4.69) is 19.0 Å². The zero-order chi connectivity index (χ0) is 13.1. The van der Waals surface area contributed by atoms with Crippen LogP contribution < -0.4 is 5.73 Å². The Morgan fingerprint density at radius 1 is 1.39 bits per heavy atom. The summed E-state index contributed by atoms with van der Waals surface area (Å²) in [6, 6.07) is 7.74. The zero-order valence-electron chi connectivity index (χ0n) is 11.1. The molecule has 0 aromatic heterocycles. The van der Waals surface area contributed by atoms with E-state index in [-0.39, 0.29) is 5.91 Å². The predicted octanol–water partition coefficient (Wildman–Crippen LogP) is 1.43. The van der Waals surface area contributed by atoms with Gasteiger partial charge in [0.2, 0.25) is 0 Å². The van der Waals surface area contributed by atoms with E-state index in [0.717, 1.165) is 25.9 Å². The van der Waals surface area contributed by atoms with Crippen molar-refractivity contribution in [2.75, 3.05) is 32.9 Å². The normalized spacial score (nSPS) is 20.2. The summed E-state index contributed by atoms with van der Waals surface area (Å²) >= 11 is 0. The van der Waals surface area contributed by atoms with E-state index < -0.39 is 0 Å². The zero-order valence-corrected chi connectivity index (χ0v) is 11.1. The SMILES string of the molecule is CN(C)C1CCCN(C(=O)c2ccccc2N)C1. The summed E-state index contributed by atoms with van der Waals surface area (Å²) in [7, 11) is 4.13. The molecule has 1 unspecified atom stereocenters. The van der Waals surface area contributed by atoms with Crippen molar-refractivity contribution < 1.29 is 4.79 Å². The maximum absolute atomic E-state index is 12.4. The molecule has 1 aliphatic rings. The largest absolute Gasteiger partial charge is 0.398 e. The molecular weight excluding hydrogens is 226 g/mol. The van der Waals surface area contributed by atoms with Gasteiger partial charge >= 0.3 is 0 Å². The van der Waals surface area contributed by atoms with Gasteiger partial charge in [0.15, 0.2) is 0 Å². The molecule has 0 aliphatic carbocycles. The minimum atomic E-state index is 0.0552. The van der Waals surface area contributed by atoms with Gasteiger partial charge in [-0.1, -0.05) is 12.1 Å². The van der Waals surface area contributed by atoms with Gasteiger partial charge in [-0.05, 0) is 39.1 Å². The Kier molecular flexibility index (Phi) is 3.87. The highest BCUT2D eigenvalue weighted by atomic mass is 16.2. The highest BCUT2D eigenvalue weighted by Crippen LogP contribution is 2.19. The fourth-order valence-electron chi connectivity index (χ4n) is 2.42. The Bertz CT molecular complexity index is 431. The van der Waals surface area contributed by atoms with Gasteiger partial charge < -0.3 is 15.5 Å². The maximum atomic E-state index is 12.4. The van der Waals surface area contributed by atoms with E-state index in [9.17, 15) is 4.79 Å². The van der Waals surface area contributed by atoms with E-state index in [4.69, 9.17) is 5.73 Å². The molecule has 2 N–H and O–H groups in total. The predicted molar refractivity (Wildman–Crippen MR) is 73.5 cm³/mol. The standard InChI is InChI=1S/C14H21N3O/c1-16(2)11-6-5-9-17(10-11)14(18)12-7-3-4-8-13(12)15/h3-4,7-8,11H,5-6,9-10,15H2,1-2H3. The molecular formula is C14H21N3O. The molecule has 4 nitrogen and oxygen atoms in total. The van der Waals surface area contributed by atoms with E-state index in [0.29, 0.717) is 17.3 Å². The maximum Gasteiger partial charge on any atom is 0.255 e. The van der Waals surface area contributed by atoms with E-state index >= 15 is 0 Å². The highest BCUT2D eigenvalue weighted by Gasteiger charge is 2.26. The van der Waals surface area contributed by atoms with Crippen LogP contribution in [0.5, 0.6) is 0 Å². The number of piperidine rings is 1. The van der Waals surface area contributed by atoms with Gasteiger partial charge in [0.05, 0.1) is 5.56 Å². The Morgan fingerprint density at radius 2 is 2.11 bits per heavy atom. The molecule has 1 aromatic carbocycles. The summed E-state index contributed by atoms with van der Waals surface area (Å²) in [5, 5.41) is 0. The number of carbonyl (C=O) groups excluding carboxylic acids is 1. The molecule has 1 fully saturated rings. The average Bonchev–Trinajstić information content (AvgIpc) is 2.38. The first-order valence-electron chi connectivity index (χ1n) is 6.40. The van der Waals surface area contributed by atoms with Crippen molar-refractivity contribution in [2.45, 2.75) is 18.9 Å². The minimum absolute atomic E-state index is 0.0552. The number of nitrogen functional groups attached to an aromatic ring is 1. The number of benzene rings is 1. The van der Waals surface area contributed by atoms with Gasteiger partial charge in [-0.2, -0.15) is 0 Å². The first-order valence-corrected chi connectivity index (χ1v) is 6.40. The number of carbonyl (C=O) groups is 1. The highest BCUT2D eigenvalue weighted by molar-refractivity contribution is 5.99. The number of nitrogens with two attached hydrogens (primary N) is 1. The second kappa shape index (κ2) is 5.40. The van der Waals surface area contributed by atoms with Crippen molar-refractivity contribution >= 4 is 11.6 Å². The van der Waals surface area contributed by atoms with Crippen LogP contribution in [-0.4, -0.2) is 48.9 Å². The molecule has 1 saturated heterocycles. The van der Waals surface area contributed by atoms with Crippen LogP contribution in [0.3, 0.4) is 0 Å². The van der Waals surface area contributed by atoms with Crippen LogP contribution in [0, 0.1) is 0 Å². The molecule has 2 rings (SSSR count). The van der Waals surface area contributed by atoms with Crippen molar-refractivity contribution in [3.8, 4) is 0 Å². The molecule has 1 atom stereocenters. The number of amides is 1. The van der Waals surface area contributed by atoms with Gasteiger partial charge in [0.1, 0.15) is 0 Å². The van der Waals surface area contributed by atoms with Crippen molar-refractivity contribution in [3.05, 3.63) is 29.8 Å². The number of para-hydroxylation sites is 1. The summed E-state index contributed by atoms with van der Waals surface area (Å²) in [4.78, 5) is 16.5. The number of likely N-dealkylation sites (tertiary alicyclic amines) is 1. The Hall–Kier alpha value is -1.55. The third-order valence-electron chi connectivity index (χ3n) is 3.61. The third-order valence-corrected chi connectivity index (χ3v) is 3.61. The molecule has 98 valence electrons. The summed E-state index contributed by atoms with van der Waals surface area (Å²) in [6.07, 6.45) is 2.21. The van der Waals surface area contributed by atoms with Gasteiger partial charge in [-0.3, -0.25) is 4.79 Å². The van der Waals surface area contributed by atoms with Crippen molar-refractivity contribution in [1.82, 2.24) is 9.80 Å². The van der Waals surface area contributed by atoms with Crippen molar-refractivity contribution in [3.63, 3.8) is 0 Å². The molecule has 0 saturated carbocycles. The fourth-order valence-corrected chi connectivity index (χ4v) is 2.42. The minimum Gasteiger partial charge on any atom is -0.398 e. The lowest BCUT2D eigenvalue weighted by atomic mass is 10.0. The van der Waals surface area contributed by atoms with Crippen LogP contribution >= 0.6 is 0 Å². The lowest BCUT2D eigenvalue weighted by Gasteiger charge is -2.36. The van der Waals surface area contributed by atoms with Crippen LogP contribution in [0.1, 0.15) is 23.2 Å². The van der Waals surface area contributed by atoms with Crippen LogP contribution in [0.4, 0.5) is 5.69 Å². The number of likely N-dealkylation sites (N-methyl/N-ethyl adjacent to an activating group) is 1. The monoisotopic (exact) mass is 247 g/mol.